The van der Waals surface area contributed by atoms with Crippen molar-refractivity contribution in [2.75, 3.05) is 0 Å². The first-order valence-electron chi connectivity index (χ1n) is 1.39. The van der Waals surface area contributed by atoms with Crippen LogP contribution in [0.4, 0.5) is 0 Å². The Morgan fingerprint density at radius 3 is 1.29 bits per heavy atom. The molecule has 7 heavy (non-hydrogen) atoms. The van der Waals surface area contributed by atoms with Gasteiger partial charge in [-0.05, 0) is 12.4 Å². The molecule has 0 amide bonds. The molecule has 0 bridgehead atoms. The summed E-state index contributed by atoms with van der Waals surface area (Å²) >= 11 is 0. The molecule has 3 nitrogen and oxygen atoms in total. The molecule has 0 saturated heterocycles. The molecule has 0 aromatic heterocycles. The second-order valence-corrected chi connectivity index (χ2v) is 0.575. The van der Waals surface area contributed by atoms with Crippen LogP contribution in [0.1, 0.15) is 0 Å². The molecule has 0 rings (SSSR count). The topological polar surface area (TPSA) is 82.0 Å². The predicted octanol–water partition coefficient (Wildman–Crippen LogP) is 1.19. The van der Waals surface area contributed by atoms with E-state index in [0.717, 1.165) is 0 Å². The van der Waals surface area contributed by atoms with Gasteiger partial charge < -0.3 is 17.6 Å². The second kappa shape index (κ2) is 19.0. The predicted molar refractivity (Wildman–Crippen MR) is 33.6 cm³/mol. The van der Waals surface area contributed by atoms with E-state index in [1.165, 1.54) is 0 Å². The third-order valence-corrected chi connectivity index (χ3v) is 0.236. The molecule has 0 atom stereocenters. The van der Waals surface area contributed by atoms with Gasteiger partial charge in [0.25, 0.3) is 0 Å². The van der Waals surface area contributed by atoms with Crippen LogP contribution in [0, 0.1) is 0 Å². The van der Waals surface area contributed by atoms with Crippen LogP contribution in [-0.2, 0) is 0 Å². The van der Waals surface area contributed by atoms with Gasteiger partial charge in [0.05, 0.1) is 0 Å². The standard InChI is InChI=1S/C4H7N.2H3N/c1-3-5-4-2;;/h3-5H,1-2H2;2*1H3. The largest absolute Gasteiger partial charge is 0.369 e. The van der Waals surface area contributed by atoms with Crippen LogP contribution in [0.15, 0.2) is 25.6 Å². The monoisotopic (exact) mass is 103 g/mol. The molecule has 44 valence electrons. The lowest BCUT2D eigenvalue weighted by molar-refractivity contribution is 1.21. The molecule has 0 unspecified atom stereocenters. The van der Waals surface area contributed by atoms with Crippen LogP contribution < -0.4 is 17.6 Å². The molecule has 3 heteroatoms. The van der Waals surface area contributed by atoms with Crippen LogP contribution in [-0.4, -0.2) is 0 Å². The first-order chi connectivity index (χ1) is 2.41. The zero-order valence-electron chi connectivity index (χ0n) is 4.48. The Labute approximate surface area is 44.3 Å². The summed E-state index contributed by atoms with van der Waals surface area (Å²) in [6.07, 6.45) is 3.12. The van der Waals surface area contributed by atoms with Crippen molar-refractivity contribution >= 4 is 0 Å². The maximum absolute atomic E-state index is 3.37. The summed E-state index contributed by atoms with van der Waals surface area (Å²) in [4.78, 5) is 0. The summed E-state index contributed by atoms with van der Waals surface area (Å²) < 4.78 is 0. The zero-order chi connectivity index (χ0) is 4.12. The van der Waals surface area contributed by atoms with Gasteiger partial charge in [-0.15, -0.1) is 0 Å². The minimum absolute atomic E-state index is 0. The Balaban J connectivity index is -0.0000000800. The molecule has 0 aromatic carbocycles. The summed E-state index contributed by atoms with van der Waals surface area (Å²) in [6, 6.07) is 0. The molecule has 0 aliphatic carbocycles. The third-order valence-electron chi connectivity index (χ3n) is 0.236. The minimum Gasteiger partial charge on any atom is -0.369 e. The highest BCUT2D eigenvalue weighted by atomic mass is 14.8. The number of nitrogens with one attached hydrogen (secondary N) is 1. The summed E-state index contributed by atoms with van der Waals surface area (Å²) in [5.74, 6) is 0. The molecule has 0 radical (unpaired) electrons. The van der Waals surface area contributed by atoms with Gasteiger partial charge in [0, 0.05) is 0 Å². The van der Waals surface area contributed by atoms with Crippen molar-refractivity contribution in [2.45, 2.75) is 0 Å². The van der Waals surface area contributed by atoms with Gasteiger partial charge in [-0.2, -0.15) is 0 Å². The number of hydrogen-bond acceptors (Lipinski definition) is 3. The van der Waals surface area contributed by atoms with Gasteiger partial charge in [-0.1, -0.05) is 13.2 Å². The Bertz CT molecular complexity index is 36.2. The molecule has 0 heterocycles. The molecule has 0 aromatic rings. The quantitative estimate of drug-likeness (QED) is 0.491. The van der Waals surface area contributed by atoms with E-state index in [2.05, 4.69) is 18.5 Å². The lowest BCUT2D eigenvalue weighted by atomic mass is 10.9. The van der Waals surface area contributed by atoms with E-state index in [4.69, 9.17) is 0 Å². The highest BCUT2D eigenvalue weighted by Crippen LogP contribution is 1.46. The fourth-order valence-electron chi connectivity index (χ4n) is 0.0833. The first-order valence-corrected chi connectivity index (χ1v) is 1.39. The lowest BCUT2D eigenvalue weighted by Crippen LogP contribution is -1.85. The van der Waals surface area contributed by atoms with Crippen LogP contribution >= 0.6 is 0 Å². The molecule has 0 saturated carbocycles. The molecular weight excluding hydrogens is 90.1 g/mol. The lowest BCUT2D eigenvalue weighted by Gasteiger charge is -1.75. The minimum atomic E-state index is 0. The van der Waals surface area contributed by atoms with E-state index in [-0.39, 0.29) is 12.3 Å². The van der Waals surface area contributed by atoms with E-state index < -0.39 is 0 Å². The van der Waals surface area contributed by atoms with Gasteiger partial charge in [-0.25, -0.2) is 0 Å². The number of hydrogen-bond donors (Lipinski definition) is 3. The average Bonchev–Trinajstić information content (AvgIpc) is 1.41. The first kappa shape index (κ1) is 16.4. The fourth-order valence-corrected chi connectivity index (χ4v) is 0.0833. The normalized spacial score (nSPS) is 4.00. The summed E-state index contributed by atoms with van der Waals surface area (Å²) in [5, 5.41) is 2.64. The van der Waals surface area contributed by atoms with E-state index in [0.29, 0.717) is 0 Å². The summed E-state index contributed by atoms with van der Waals surface area (Å²) in [7, 11) is 0. The van der Waals surface area contributed by atoms with E-state index in [9.17, 15) is 0 Å². The highest BCUT2D eigenvalue weighted by Gasteiger charge is 1.43. The molecule has 0 fully saturated rings. The van der Waals surface area contributed by atoms with Crippen molar-refractivity contribution in [3.8, 4) is 0 Å². The van der Waals surface area contributed by atoms with Crippen molar-refractivity contribution in [2.24, 2.45) is 0 Å². The Kier molecular flexibility index (Phi) is 44.3. The molecular formula is C4H13N3. The van der Waals surface area contributed by atoms with Crippen LogP contribution in [0.3, 0.4) is 0 Å². The van der Waals surface area contributed by atoms with Crippen LogP contribution in [0.2, 0.25) is 0 Å². The zero-order valence-corrected chi connectivity index (χ0v) is 4.48. The Hall–Kier alpha value is -0.800. The third kappa shape index (κ3) is 37.0. The molecule has 0 aliphatic rings. The van der Waals surface area contributed by atoms with Crippen LogP contribution in [0.5, 0.6) is 0 Å². The van der Waals surface area contributed by atoms with Crippen molar-refractivity contribution in [3.63, 3.8) is 0 Å². The Morgan fingerprint density at radius 1 is 1.00 bits per heavy atom. The second-order valence-electron chi connectivity index (χ2n) is 0.575. The van der Waals surface area contributed by atoms with E-state index in [1.54, 1.807) is 12.4 Å². The van der Waals surface area contributed by atoms with E-state index in [1.807, 2.05) is 0 Å². The molecule has 7 N–H and O–H groups in total. The van der Waals surface area contributed by atoms with Gasteiger partial charge >= 0.3 is 0 Å². The van der Waals surface area contributed by atoms with Crippen molar-refractivity contribution in [1.29, 1.82) is 0 Å². The van der Waals surface area contributed by atoms with Crippen molar-refractivity contribution in [3.05, 3.63) is 25.6 Å². The highest BCUT2D eigenvalue weighted by molar-refractivity contribution is 4.72. The Morgan fingerprint density at radius 2 is 1.29 bits per heavy atom. The van der Waals surface area contributed by atoms with Crippen molar-refractivity contribution < 1.29 is 0 Å². The van der Waals surface area contributed by atoms with Gasteiger partial charge in [0.1, 0.15) is 0 Å². The number of rotatable bonds is 2. The van der Waals surface area contributed by atoms with Gasteiger partial charge in [-0.3, -0.25) is 0 Å². The maximum atomic E-state index is 3.37. The van der Waals surface area contributed by atoms with Gasteiger partial charge in [0.2, 0.25) is 0 Å². The molecule has 0 spiro atoms. The molecule has 0 aliphatic heterocycles. The average molecular weight is 103 g/mol. The smallest absolute Gasteiger partial charge is 0.00679 e. The maximum Gasteiger partial charge on any atom is -0.00679 e. The van der Waals surface area contributed by atoms with Crippen molar-refractivity contribution in [1.82, 2.24) is 17.6 Å². The van der Waals surface area contributed by atoms with Crippen LogP contribution in [0.25, 0.3) is 0 Å². The SMILES string of the molecule is C=CNC=C.N.N. The summed E-state index contributed by atoms with van der Waals surface area (Å²) in [5.41, 5.74) is 0. The summed E-state index contributed by atoms with van der Waals surface area (Å²) in [6.45, 7) is 6.74. The van der Waals surface area contributed by atoms with Gasteiger partial charge in [0.15, 0.2) is 0 Å². The van der Waals surface area contributed by atoms with E-state index >= 15 is 0 Å². The fraction of sp³-hybridized carbons (Fsp3) is 0.